The van der Waals surface area contributed by atoms with Gasteiger partial charge in [-0.3, -0.25) is 18.9 Å². The summed E-state index contributed by atoms with van der Waals surface area (Å²) in [4.78, 5) is 32.8. The molecule has 0 saturated carbocycles. The van der Waals surface area contributed by atoms with E-state index < -0.39 is 17.1 Å². The van der Waals surface area contributed by atoms with Crippen LogP contribution in [0.2, 0.25) is 5.02 Å². The second kappa shape index (κ2) is 8.73. The Hall–Kier alpha value is -3.43. The number of fused-ring (bicyclic) bond motifs is 1. The predicted octanol–water partition coefficient (Wildman–Crippen LogP) is 2.65. The number of aromatic nitrogens is 4. The van der Waals surface area contributed by atoms with E-state index in [1.165, 1.54) is 29.8 Å². The fraction of sp³-hybridized carbons (Fsp3) is 0.292. The van der Waals surface area contributed by atoms with Crippen LogP contribution in [0.5, 0.6) is 0 Å². The van der Waals surface area contributed by atoms with Crippen LogP contribution < -0.4 is 21.9 Å². The van der Waals surface area contributed by atoms with Crippen LogP contribution >= 0.6 is 11.6 Å². The average molecular weight is 483 g/mol. The lowest BCUT2D eigenvalue weighted by molar-refractivity contribution is 0.498. The first kappa shape index (κ1) is 22.4. The number of rotatable bonds is 4. The summed E-state index contributed by atoms with van der Waals surface area (Å²) in [5, 5.41) is 0.392. The van der Waals surface area contributed by atoms with Crippen molar-refractivity contribution in [3.05, 3.63) is 86.0 Å². The van der Waals surface area contributed by atoms with Crippen molar-refractivity contribution < 1.29 is 4.39 Å². The minimum Gasteiger partial charge on any atom is -0.356 e. The van der Waals surface area contributed by atoms with Crippen LogP contribution in [0.4, 0.5) is 10.2 Å². The van der Waals surface area contributed by atoms with Gasteiger partial charge in [-0.05, 0) is 48.7 Å². The summed E-state index contributed by atoms with van der Waals surface area (Å²) in [6.45, 7) is 1.51. The first-order valence-electron chi connectivity index (χ1n) is 11.1. The number of nitrogens with zero attached hydrogens (tertiary/aromatic N) is 5. The van der Waals surface area contributed by atoms with Crippen molar-refractivity contribution in [2.75, 3.05) is 18.0 Å². The van der Waals surface area contributed by atoms with Crippen LogP contribution in [0.1, 0.15) is 18.4 Å². The summed E-state index contributed by atoms with van der Waals surface area (Å²) >= 11 is 6.39. The largest absolute Gasteiger partial charge is 0.356 e. The number of piperidine rings is 1. The number of benzene rings is 1. The van der Waals surface area contributed by atoms with Crippen LogP contribution in [0, 0.1) is 5.82 Å². The molecule has 0 spiro atoms. The Morgan fingerprint density at radius 1 is 1.18 bits per heavy atom. The van der Waals surface area contributed by atoms with Crippen molar-refractivity contribution >= 4 is 28.5 Å². The monoisotopic (exact) mass is 482 g/mol. The number of pyridine rings is 1. The molecule has 1 saturated heterocycles. The van der Waals surface area contributed by atoms with Gasteiger partial charge in [-0.2, -0.15) is 0 Å². The summed E-state index contributed by atoms with van der Waals surface area (Å²) < 4.78 is 18.5. The molecule has 1 atom stereocenters. The summed E-state index contributed by atoms with van der Waals surface area (Å²) in [5.41, 5.74) is 7.25. The molecule has 0 aliphatic carbocycles. The zero-order valence-electron chi connectivity index (χ0n) is 18.6. The second-order valence-electron chi connectivity index (χ2n) is 8.59. The molecule has 8 nitrogen and oxygen atoms in total. The van der Waals surface area contributed by atoms with Gasteiger partial charge in [-0.25, -0.2) is 9.18 Å². The van der Waals surface area contributed by atoms with Gasteiger partial charge >= 0.3 is 5.69 Å². The van der Waals surface area contributed by atoms with Gasteiger partial charge in [0.25, 0.3) is 5.56 Å². The third-order valence-corrected chi connectivity index (χ3v) is 6.69. The molecule has 0 radical (unpaired) electrons. The Morgan fingerprint density at radius 2 is 1.94 bits per heavy atom. The van der Waals surface area contributed by atoms with Crippen molar-refractivity contribution in [2.45, 2.75) is 25.4 Å². The zero-order valence-corrected chi connectivity index (χ0v) is 19.4. The smallest absolute Gasteiger partial charge is 0.335 e. The number of nitrogens with two attached hydrogens (primary N) is 1. The van der Waals surface area contributed by atoms with Gasteiger partial charge in [0.15, 0.2) is 0 Å². The molecule has 1 aliphatic heterocycles. The fourth-order valence-electron chi connectivity index (χ4n) is 4.63. The SMILES string of the molecule is Cn1c(=O)c2c(cc(N3CCCC(N)C3)n2Cc2cc(F)ccc2Cl)n(-c2ccncc2)c1=O. The topological polar surface area (TPSA) is 91.1 Å². The van der Waals surface area contributed by atoms with E-state index in [0.29, 0.717) is 33.9 Å². The molecule has 34 heavy (non-hydrogen) atoms. The first-order chi connectivity index (χ1) is 16.3. The maximum Gasteiger partial charge on any atom is 0.335 e. The van der Waals surface area contributed by atoms with Crippen LogP contribution in [-0.4, -0.2) is 37.8 Å². The molecule has 1 aromatic carbocycles. The molecule has 176 valence electrons. The van der Waals surface area contributed by atoms with E-state index in [1.54, 1.807) is 24.5 Å². The van der Waals surface area contributed by atoms with E-state index in [9.17, 15) is 14.0 Å². The van der Waals surface area contributed by atoms with E-state index in [4.69, 9.17) is 17.3 Å². The van der Waals surface area contributed by atoms with Gasteiger partial charge in [-0.15, -0.1) is 0 Å². The molecule has 4 aromatic rings. The molecule has 10 heteroatoms. The van der Waals surface area contributed by atoms with E-state index in [2.05, 4.69) is 9.88 Å². The number of anilines is 1. The molecular weight excluding hydrogens is 459 g/mol. The van der Waals surface area contributed by atoms with Gasteiger partial charge in [0.05, 0.1) is 17.7 Å². The van der Waals surface area contributed by atoms with Crippen molar-refractivity contribution in [3.8, 4) is 5.69 Å². The average Bonchev–Trinajstić information content (AvgIpc) is 3.19. The number of halogens is 2. The Kier molecular flexibility index (Phi) is 5.75. The number of hydrogen-bond acceptors (Lipinski definition) is 5. The highest BCUT2D eigenvalue weighted by molar-refractivity contribution is 6.31. The maximum absolute atomic E-state index is 14.1. The molecule has 1 aliphatic rings. The highest BCUT2D eigenvalue weighted by Crippen LogP contribution is 2.30. The third-order valence-electron chi connectivity index (χ3n) is 6.32. The van der Waals surface area contributed by atoms with Gasteiger partial charge < -0.3 is 15.2 Å². The first-order valence-corrected chi connectivity index (χ1v) is 11.4. The Morgan fingerprint density at radius 3 is 2.68 bits per heavy atom. The molecular formula is C24H24ClFN6O2. The van der Waals surface area contributed by atoms with Gasteiger partial charge in [0.1, 0.15) is 17.2 Å². The molecule has 4 heterocycles. The molecule has 5 rings (SSSR count). The Balaban J connectivity index is 1.83. The van der Waals surface area contributed by atoms with Crippen molar-refractivity contribution in [2.24, 2.45) is 12.8 Å². The summed E-state index contributed by atoms with van der Waals surface area (Å²) in [6, 6.07) is 9.41. The molecule has 1 unspecified atom stereocenters. The standard InChI is InChI=1S/C24H24ClFN6O2/c1-29-23(33)22-20(32(24(29)34)18-6-8-28-9-7-18)12-21(30-10-2-3-17(27)14-30)31(22)13-15-11-16(26)4-5-19(15)25/h4-9,11-12,17H,2-3,10,13-14,27H2,1H3. The van der Waals surface area contributed by atoms with Crippen LogP contribution in [0.25, 0.3) is 16.7 Å². The van der Waals surface area contributed by atoms with Gasteiger partial charge in [0, 0.05) is 49.7 Å². The molecule has 3 aromatic heterocycles. The molecule has 0 bridgehead atoms. The molecule has 2 N–H and O–H groups in total. The lowest BCUT2D eigenvalue weighted by Crippen LogP contribution is -2.43. The minimum absolute atomic E-state index is 0.0109. The fourth-order valence-corrected chi connectivity index (χ4v) is 4.81. The van der Waals surface area contributed by atoms with Crippen LogP contribution in [0.15, 0.2) is 58.4 Å². The second-order valence-corrected chi connectivity index (χ2v) is 9.00. The van der Waals surface area contributed by atoms with E-state index in [0.717, 1.165) is 29.8 Å². The highest BCUT2D eigenvalue weighted by atomic mass is 35.5. The van der Waals surface area contributed by atoms with Crippen LogP contribution in [0.3, 0.4) is 0 Å². The normalized spacial score (nSPS) is 16.4. The number of hydrogen-bond donors (Lipinski definition) is 1. The lowest BCUT2D eigenvalue weighted by Gasteiger charge is -2.33. The van der Waals surface area contributed by atoms with E-state index in [1.807, 2.05) is 10.6 Å². The van der Waals surface area contributed by atoms with Crippen molar-refractivity contribution in [1.29, 1.82) is 0 Å². The lowest BCUT2D eigenvalue weighted by atomic mass is 10.1. The Bertz CT molecular complexity index is 1490. The van der Waals surface area contributed by atoms with Gasteiger partial charge in [0.2, 0.25) is 0 Å². The summed E-state index contributed by atoms with van der Waals surface area (Å²) in [6.07, 6.45) is 4.99. The van der Waals surface area contributed by atoms with Crippen molar-refractivity contribution in [1.82, 2.24) is 18.7 Å². The third kappa shape index (κ3) is 3.80. The quantitative estimate of drug-likeness (QED) is 0.483. The summed E-state index contributed by atoms with van der Waals surface area (Å²) in [5.74, 6) is 0.315. The van der Waals surface area contributed by atoms with Gasteiger partial charge in [-0.1, -0.05) is 11.6 Å². The van der Waals surface area contributed by atoms with Crippen LogP contribution in [-0.2, 0) is 13.6 Å². The van der Waals surface area contributed by atoms with Crippen molar-refractivity contribution in [3.63, 3.8) is 0 Å². The predicted molar refractivity (Wildman–Crippen MR) is 131 cm³/mol. The zero-order chi connectivity index (χ0) is 24.0. The van der Waals surface area contributed by atoms with E-state index in [-0.39, 0.29) is 12.6 Å². The Labute approximate surface area is 199 Å². The molecule has 1 fully saturated rings. The molecule has 0 amide bonds. The summed E-state index contributed by atoms with van der Waals surface area (Å²) in [7, 11) is 1.45. The highest BCUT2D eigenvalue weighted by Gasteiger charge is 2.26. The van der Waals surface area contributed by atoms with E-state index >= 15 is 0 Å². The maximum atomic E-state index is 14.1. The minimum atomic E-state index is -0.466.